The Bertz CT molecular complexity index is 386. The summed E-state index contributed by atoms with van der Waals surface area (Å²) in [5, 5.41) is 6.13. The Morgan fingerprint density at radius 2 is 2.43 bits per heavy atom. The first-order chi connectivity index (χ1) is 6.74. The van der Waals surface area contributed by atoms with Crippen molar-refractivity contribution in [3.05, 3.63) is 31.3 Å². The second-order valence-electron chi connectivity index (χ2n) is 2.55. The predicted octanol–water partition coefficient (Wildman–Crippen LogP) is 4.23. The molecule has 2 heterocycles. The summed E-state index contributed by atoms with van der Waals surface area (Å²) in [6.45, 7) is 0.792. The first kappa shape index (κ1) is 10.4. The molecule has 0 aliphatic carbocycles. The number of rotatable bonds is 3. The Morgan fingerprint density at radius 3 is 3.00 bits per heavy atom. The average molecular weight is 310 g/mol. The van der Waals surface area contributed by atoms with Crippen LogP contribution in [0, 0.1) is 0 Å². The van der Waals surface area contributed by atoms with Gasteiger partial charge in [-0.15, -0.1) is 11.3 Å². The van der Waals surface area contributed by atoms with Gasteiger partial charge in [0, 0.05) is 14.7 Å². The summed E-state index contributed by atoms with van der Waals surface area (Å²) in [7, 11) is 0. The maximum absolute atomic E-state index is 5.76. The van der Waals surface area contributed by atoms with Crippen molar-refractivity contribution in [2.45, 2.75) is 6.54 Å². The molecule has 2 rings (SSSR count). The minimum Gasteiger partial charge on any atom is -0.357 e. The monoisotopic (exact) mass is 308 g/mol. The van der Waals surface area contributed by atoms with E-state index in [0.29, 0.717) is 4.34 Å². The summed E-state index contributed by atoms with van der Waals surface area (Å²) in [6, 6.07) is 2.09. The zero-order valence-electron chi connectivity index (χ0n) is 6.96. The van der Waals surface area contributed by atoms with E-state index in [0.717, 1.165) is 16.1 Å². The van der Waals surface area contributed by atoms with Gasteiger partial charge in [-0.25, -0.2) is 4.98 Å². The van der Waals surface area contributed by atoms with Gasteiger partial charge in [0.25, 0.3) is 0 Å². The van der Waals surface area contributed by atoms with Gasteiger partial charge in [-0.1, -0.05) is 22.9 Å². The van der Waals surface area contributed by atoms with Crippen LogP contribution in [0.2, 0.25) is 4.34 Å². The molecule has 0 saturated carbocycles. The molecule has 0 bridgehead atoms. The number of anilines is 1. The molecule has 6 heteroatoms. The lowest BCUT2D eigenvalue weighted by atomic mass is 10.5. The summed E-state index contributed by atoms with van der Waals surface area (Å²) in [6.07, 6.45) is 1.65. The van der Waals surface area contributed by atoms with E-state index in [9.17, 15) is 0 Å². The molecule has 0 aliphatic rings. The van der Waals surface area contributed by atoms with Gasteiger partial charge < -0.3 is 5.32 Å². The SMILES string of the molecule is Clc1cnc(NCc2cc(Br)cs2)s1. The van der Waals surface area contributed by atoms with E-state index < -0.39 is 0 Å². The third-order valence-corrected chi connectivity index (χ3v) is 4.28. The molecule has 74 valence electrons. The van der Waals surface area contributed by atoms with Gasteiger partial charge in [0.2, 0.25) is 0 Å². The third-order valence-electron chi connectivity index (χ3n) is 1.51. The molecule has 2 aromatic rings. The van der Waals surface area contributed by atoms with Crippen LogP contribution < -0.4 is 5.32 Å². The second kappa shape index (κ2) is 4.61. The van der Waals surface area contributed by atoms with Crippen molar-refractivity contribution in [1.29, 1.82) is 0 Å². The molecule has 0 amide bonds. The van der Waals surface area contributed by atoms with Crippen LogP contribution in [0.1, 0.15) is 4.88 Å². The largest absolute Gasteiger partial charge is 0.357 e. The highest BCUT2D eigenvalue weighted by Crippen LogP contribution is 2.24. The number of hydrogen-bond donors (Lipinski definition) is 1. The van der Waals surface area contributed by atoms with E-state index in [1.54, 1.807) is 17.5 Å². The summed E-state index contributed by atoms with van der Waals surface area (Å²) < 4.78 is 1.83. The van der Waals surface area contributed by atoms with E-state index in [1.165, 1.54) is 16.2 Å². The molecule has 0 saturated heterocycles. The Labute approximate surface area is 103 Å². The molecule has 0 spiro atoms. The predicted molar refractivity (Wildman–Crippen MR) is 66.5 cm³/mol. The third kappa shape index (κ3) is 2.70. The first-order valence-electron chi connectivity index (χ1n) is 3.82. The van der Waals surface area contributed by atoms with Crippen LogP contribution in [0.25, 0.3) is 0 Å². The lowest BCUT2D eigenvalue weighted by Gasteiger charge is -1.97. The molecular formula is C8H6BrClN2S2. The number of thiazole rings is 1. The maximum Gasteiger partial charge on any atom is 0.184 e. The van der Waals surface area contributed by atoms with Gasteiger partial charge in [-0.2, -0.15) is 0 Å². The Kier molecular flexibility index (Phi) is 3.43. The van der Waals surface area contributed by atoms with Crippen molar-refractivity contribution in [1.82, 2.24) is 4.98 Å². The molecule has 14 heavy (non-hydrogen) atoms. The minimum absolute atomic E-state index is 0.708. The van der Waals surface area contributed by atoms with Gasteiger partial charge >= 0.3 is 0 Å². The average Bonchev–Trinajstić information content (AvgIpc) is 2.72. The normalized spacial score (nSPS) is 10.4. The molecular weight excluding hydrogens is 304 g/mol. The fourth-order valence-electron chi connectivity index (χ4n) is 0.945. The summed E-state index contributed by atoms with van der Waals surface area (Å²) in [4.78, 5) is 5.37. The van der Waals surface area contributed by atoms with Crippen LogP contribution in [0.4, 0.5) is 5.13 Å². The van der Waals surface area contributed by atoms with E-state index in [4.69, 9.17) is 11.6 Å². The first-order valence-corrected chi connectivity index (χ1v) is 6.69. The molecule has 0 atom stereocenters. The van der Waals surface area contributed by atoms with Crippen LogP contribution in [0.15, 0.2) is 22.1 Å². The molecule has 0 unspecified atom stereocenters. The van der Waals surface area contributed by atoms with Crippen LogP contribution in [0.3, 0.4) is 0 Å². The number of thiophene rings is 1. The van der Waals surface area contributed by atoms with Crippen LogP contribution in [0.5, 0.6) is 0 Å². The van der Waals surface area contributed by atoms with E-state index in [-0.39, 0.29) is 0 Å². The second-order valence-corrected chi connectivity index (χ2v) is 6.13. The zero-order valence-corrected chi connectivity index (χ0v) is 10.9. The van der Waals surface area contributed by atoms with Gasteiger partial charge in [-0.3, -0.25) is 0 Å². The fraction of sp³-hybridized carbons (Fsp3) is 0.125. The topological polar surface area (TPSA) is 24.9 Å². The summed E-state index contributed by atoms with van der Waals surface area (Å²) in [5.74, 6) is 0. The number of halogens is 2. The van der Waals surface area contributed by atoms with E-state index >= 15 is 0 Å². The number of nitrogens with one attached hydrogen (secondary N) is 1. The standard InChI is InChI=1S/C8H6BrClN2S2/c9-5-1-6(13-4-5)2-11-8-12-3-7(10)14-8/h1,3-4H,2H2,(H,11,12). The van der Waals surface area contributed by atoms with Crippen molar-refractivity contribution < 1.29 is 0 Å². The summed E-state index contributed by atoms with van der Waals surface area (Å²) in [5.41, 5.74) is 0. The maximum atomic E-state index is 5.76. The van der Waals surface area contributed by atoms with Gasteiger partial charge in [0.15, 0.2) is 5.13 Å². The van der Waals surface area contributed by atoms with Gasteiger partial charge in [0.1, 0.15) is 4.34 Å². The smallest absolute Gasteiger partial charge is 0.184 e. The number of nitrogens with zero attached hydrogens (tertiary/aromatic N) is 1. The van der Waals surface area contributed by atoms with Gasteiger partial charge in [-0.05, 0) is 22.0 Å². The number of aromatic nitrogens is 1. The number of hydrogen-bond acceptors (Lipinski definition) is 4. The molecule has 2 aromatic heterocycles. The van der Waals surface area contributed by atoms with Gasteiger partial charge in [0.05, 0.1) is 12.7 Å². The highest BCUT2D eigenvalue weighted by molar-refractivity contribution is 9.10. The zero-order chi connectivity index (χ0) is 9.97. The quantitative estimate of drug-likeness (QED) is 0.917. The van der Waals surface area contributed by atoms with Crippen molar-refractivity contribution in [2.75, 3.05) is 5.32 Å². The minimum atomic E-state index is 0.708. The fourth-order valence-corrected chi connectivity index (χ4v) is 3.14. The highest BCUT2D eigenvalue weighted by atomic mass is 79.9. The summed E-state index contributed by atoms with van der Waals surface area (Å²) >= 11 is 12.3. The lowest BCUT2D eigenvalue weighted by Crippen LogP contribution is -1.95. The Balaban J connectivity index is 1.94. The van der Waals surface area contributed by atoms with Crippen molar-refractivity contribution in [3.63, 3.8) is 0 Å². The molecule has 2 nitrogen and oxygen atoms in total. The highest BCUT2D eigenvalue weighted by Gasteiger charge is 2.00. The van der Waals surface area contributed by atoms with Crippen molar-refractivity contribution in [2.24, 2.45) is 0 Å². The van der Waals surface area contributed by atoms with Crippen LogP contribution in [-0.4, -0.2) is 4.98 Å². The molecule has 0 aliphatic heterocycles. The van der Waals surface area contributed by atoms with Crippen LogP contribution in [-0.2, 0) is 6.54 Å². The Hall–Kier alpha value is -0.100. The Morgan fingerprint density at radius 1 is 1.57 bits per heavy atom. The molecule has 0 aromatic carbocycles. The molecule has 0 radical (unpaired) electrons. The molecule has 0 fully saturated rings. The molecule has 1 N–H and O–H groups in total. The van der Waals surface area contributed by atoms with Crippen LogP contribution >= 0.6 is 50.2 Å². The van der Waals surface area contributed by atoms with Crippen molar-refractivity contribution in [3.8, 4) is 0 Å². The van der Waals surface area contributed by atoms with Crippen molar-refractivity contribution >= 4 is 55.3 Å². The lowest BCUT2D eigenvalue weighted by molar-refractivity contribution is 1.17. The van der Waals surface area contributed by atoms with E-state index in [1.807, 2.05) is 0 Å². The van der Waals surface area contributed by atoms with E-state index in [2.05, 4.69) is 37.7 Å².